The number of aliphatic carboxylic acids is 1. The van der Waals surface area contributed by atoms with E-state index in [1.165, 1.54) is 13.0 Å². The number of amides is 2. The molecular weight excluding hydrogens is 246 g/mol. The Morgan fingerprint density at radius 3 is 2.42 bits per heavy atom. The lowest BCUT2D eigenvalue weighted by atomic mass is 10.1. The SMILES string of the molecule is CC(=CC1=CC(=O)N(c2ccccc2)C1=O)C(=O)O. The Morgan fingerprint density at radius 1 is 1.21 bits per heavy atom. The van der Waals surface area contributed by atoms with Crippen LogP contribution >= 0.6 is 0 Å². The number of anilines is 1. The van der Waals surface area contributed by atoms with Crippen molar-refractivity contribution in [2.24, 2.45) is 0 Å². The van der Waals surface area contributed by atoms with E-state index in [0.717, 1.165) is 11.0 Å². The first kappa shape index (κ1) is 12.8. The van der Waals surface area contributed by atoms with Crippen molar-refractivity contribution in [3.05, 3.63) is 53.6 Å². The normalized spacial score (nSPS) is 15.7. The number of para-hydroxylation sites is 1. The highest BCUT2D eigenvalue weighted by atomic mass is 16.4. The third kappa shape index (κ3) is 2.44. The topological polar surface area (TPSA) is 74.7 Å². The van der Waals surface area contributed by atoms with Crippen LogP contribution in [-0.2, 0) is 14.4 Å². The Balaban J connectivity index is 2.32. The lowest BCUT2D eigenvalue weighted by molar-refractivity contribution is -0.132. The minimum Gasteiger partial charge on any atom is -0.478 e. The van der Waals surface area contributed by atoms with Gasteiger partial charge in [-0.1, -0.05) is 18.2 Å². The van der Waals surface area contributed by atoms with E-state index in [-0.39, 0.29) is 11.1 Å². The van der Waals surface area contributed by atoms with Crippen molar-refractivity contribution in [2.45, 2.75) is 6.92 Å². The van der Waals surface area contributed by atoms with Gasteiger partial charge in [0.15, 0.2) is 0 Å². The van der Waals surface area contributed by atoms with Crippen molar-refractivity contribution < 1.29 is 19.5 Å². The third-order valence-corrected chi connectivity index (χ3v) is 2.67. The standard InChI is InChI=1S/C14H11NO4/c1-9(14(18)19)7-10-8-12(16)15(13(10)17)11-5-3-2-4-6-11/h2-8H,1H3,(H,18,19). The maximum absolute atomic E-state index is 12.1. The Bertz CT molecular complexity index is 614. The molecule has 0 atom stereocenters. The molecule has 1 heterocycles. The summed E-state index contributed by atoms with van der Waals surface area (Å²) in [5.74, 6) is -2.11. The van der Waals surface area contributed by atoms with E-state index in [1.807, 2.05) is 0 Å². The smallest absolute Gasteiger partial charge is 0.331 e. The van der Waals surface area contributed by atoms with Crippen LogP contribution in [0.3, 0.4) is 0 Å². The molecule has 1 aliphatic heterocycles. The van der Waals surface area contributed by atoms with Gasteiger partial charge in [0.25, 0.3) is 11.8 Å². The summed E-state index contributed by atoms with van der Waals surface area (Å²) in [7, 11) is 0. The predicted molar refractivity (Wildman–Crippen MR) is 68.4 cm³/mol. The van der Waals surface area contributed by atoms with E-state index in [1.54, 1.807) is 30.3 Å². The van der Waals surface area contributed by atoms with Gasteiger partial charge in [0.05, 0.1) is 5.69 Å². The monoisotopic (exact) mass is 257 g/mol. The molecule has 0 aromatic heterocycles. The minimum atomic E-state index is -1.13. The van der Waals surface area contributed by atoms with Crippen molar-refractivity contribution >= 4 is 23.5 Å². The zero-order chi connectivity index (χ0) is 14.0. The number of benzene rings is 1. The summed E-state index contributed by atoms with van der Waals surface area (Å²) in [6, 6.07) is 8.48. The number of hydrogen-bond acceptors (Lipinski definition) is 3. The fourth-order valence-electron chi connectivity index (χ4n) is 1.71. The Labute approximate surface area is 109 Å². The maximum Gasteiger partial charge on any atom is 0.331 e. The molecule has 0 radical (unpaired) electrons. The van der Waals surface area contributed by atoms with E-state index in [4.69, 9.17) is 5.11 Å². The molecule has 2 rings (SSSR count). The number of rotatable bonds is 3. The van der Waals surface area contributed by atoms with Crippen molar-refractivity contribution in [2.75, 3.05) is 4.90 Å². The minimum absolute atomic E-state index is 0.00214. The van der Waals surface area contributed by atoms with Crippen LogP contribution in [-0.4, -0.2) is 22.9 Å². The van der Waals surface area contributed by atoms with Crippen LogP contribution in [0.5, 0.6) is 0 Å². The molecule has 0 aliphatic carbocycles. The lowest BCUT2D eigenvalue weighted by Gasteiger charge is -2.13. The zero-order valence-electron chi connectivity index (χ0n) is 10.2. The Hall–Kier alpha value is -2.69. The first-order chi connectivity index (χ1) is 9.00. The molecule has 1 N–H and O–H groups in total. The van der Waals surface area contributed by atoms with Gasteiger partial charge >= 0.3 is 5.97 Å². The fourth-order valence-corrected chi connectivity index (χ4v) is 1.71. The van der Waals surface area contributed by atoms with E-state index in [2.05, 4.69) is 0 Å². The quantitative estimate of drug-likeness (QED) is 0.658. The molecule has 0 saturated heterocycles. The van der Waals surface area contributed by atoms with Crippen LogP contribution in [0.4, 0.5) is 5.69 Å². The van der Waals surface area contributed by atoms with Gasteiger partial charge in [-0.2, -0.15) is 0 Å². The number of carboxylic acids is 1. The van der Waals surface area contributed by atoms with Crippen molar-refractivity contribution in [3.8, 4) is 0 Å². The molecule has 1 aliphatic rings. The summed E-state index contributed by atoms with van der Waals surface area (Å²) >= 11 is 0. The van der Waals surface area contributed by atoms with E-state index >= 15 is 0 Å². The second kappa shape index (κ2) is 4.89. The predicted octanol–water partition coefficient (Wildman–Crippen LogP) is 1.52. The summed E-state index contributed by atoms with van der Waals surface area (Å²) in [4.78, 5) is 35.6. The van der Waals surface area contributed by atoms with Gasteiger partial charge in [-0.25, -0.2) is 9.69 Å². The van der Waals surface area contributed by atoms with Gasteiger partial charge in [0.1, 0.15) is 0 Å². The second-order valence-corrected chi connectivity index (χ2v) is 4.05. The number of nitrogens with zero attached hydrogens (tertiary/aromatic N) is 1. The summed E-state index contributed by atoms with van der Waals surface area (Å²) in [5, 5.41) is 8.77. The zero-order valence-corrected chi connectivity index (χ0v) is 10.2. The molecule has 0 fully saturated rings. The molecule has 96 valence electrons. The maximum atomic E-state index is 12.1. The molecule has 0 unspecified atom stereocenters. The molecule has 2 amide bonds. The van der Waals surface area contributed by atoms with Crippen LogP contribution in [0, 0.1) is 0 Å². The van der Waals surface area contributed by atoms with E-state index in [9.17, 15) is 14.4 Å². The van der Waals surface area contributed by atoms with Crippen molar-refractivity contribution in [1.82, 2.24) is 0 Å². The first-order valence-electron chi connectivity index (χ1n) is 5.57. The van der Waals surface area contributed by atoms with E-state index < -0.39 is 17.8 Å². The molecular formula is C14H11NO4. The van der Waals surface area contributed by atoms with Crippen LogP contribution in [0.1, 0.15) is 6.92 Å². The van der Waals surface area contributed by atoms with E-state index in [0.29, 0.717) is 5.69 Å². The highest BCUT2D eigenvalue weighted by Gasteiger charge is 2.31. The van der Waals surface area contributed by atoms with Crippen molar-refractivity contribution in [1.29, 1.82) is 0 Å². The van der Waals surface area contributed by atoms with Crippen LogP contribution in [0.15, 0.2) is 53.6 Å². The number of carbonyl (C=O) groups excluding carboxylic acids is 2. The van der Waals surface area contributed by atoms with Gasteiger partial charge in [0, 0.05) is 17.2 Å². The van der Waals surface area contributed by atoms with Crippen LogP contribution in [0.25, 0.3) is 0 Å². The number of hydrogen-bond donors (Lipinski definition) is 1. The second-order valence-electron chi connectivity index (χ2n) is 4.05. The highest BCUT2D eigenvalue weighted by molar-refractivity contribution is 6.31. The lowest BCUT2D eigenvalue weighted by Crippen LogP contribution is -2.30. The van der Waals surface area contributed by atoms with Gasteiger partial charge in [-0.05, 0) is 25.1 Å². The molecule has 1 aromatic rings. The van der Waals surface area contributed by atoms with Crippen LogP contribution < -0.4 is 4.90 Å². The molecule has 0 bridgehead atoms. The summed E-state index contributed by atoms with van der Waals surface area (Å²) < 4.78 is 0. The van der Waals surface area contributed by atoms with Gasteiger partial charge in [-0.15, -0.1) is 0 Å². The molecule has 5 nitrogen and oxygen atoms in total. The average Bonchev–Trinajstić information content (AvgIpc) is 2.65. The molecule has 1 aromatic carbocycles. The number of carboxylic acid groups (broad SMARTS) is 1. The average molecular weight is 257 g/mol. The van der Waals surface area contributed by atoms with Gasteiger partial charge < -0.3 is 5.11 Å². The third-order valence-electron chi connectivity index (χ3n) is 2.67. The number of carbonyl (C=O) groups is 3. The summed E-state index contributed by atoms with van der Waals surface area (Å²) in [6.07, 6.45) is 2.34. The Kier molecular flexibility index (Phi) is 3.29. The summed E-state index contributed by atoms with van der Waals surface area (Å²) in [6.45, 7) is 1.37. The first-order valence-corrected chi connectivity index (χ1v) is 5.57. The Morgan fingerprint density at radius 2 is 1.84 bits per heavy atom. The highest BCUT2D eigenvalue weighted by Crippen LogP contribution is 2.23. The molecule has 0 spiro atoms. The van der Waals surface area contributed by atoms with Crippen LogP contribution in [0.2, 0.25) is 0 Å². The van der Waals surface area contributed by atoms with Gasteiger partial charge in [-0.3, -0.25) is 9.59 Å². The number of imide groups is 1. The van der Waals surface area contributed by atoms with Crippen molar-refractivity contribution in [3.63, 3.8) is 0 Å². The molecule has 19 heavy (non-hydrogen) atoms. The largest absolute Gasteiger partial charge is 0.478 e. The van der Waals surface area contributed by atoms with Gasteiger partial charge in [0.2, 0.25) is 0 Å². The fraction of sp³-hybridized carbons (Fsp3) is 0.0714. The molecule has 0 saturated carbocycles. The summed E-state index contributed by atoms with van der Waals surface area (Å²) in [5.41, 5.74) is 0.543. The molecule has 5 heteroatoms.